The van der Waals surface area contributed by atoms with Gasteiger partial charge in [0, 0.05) is 19.3 Å². The van der Waals surface area contributed by atoms with E-state index in [0.717, 1.165) is 109 Å². The van der Waals surface area contributed by atoms with Crippen LogP contribution in [0.15, 0.2) is 85.1 Å². The van der Waals surface area contributed by atoms with Crippen molar-refractivity contribution in [2.45, 2.75) is 374 Å². The third-order valence-electron chi connectivity index (χ3n) is 15.9. The second-order valence-corrected chi connectivity index (χ2v) is 24.1. The van der Waals surface area contributed by atoms with E-state index in [0.29, 0.717) is 19.3 Å². The first-order chi connectivity index (χ1) is 41.0. The molecule has 0 saturated heterocycles. The van der Waals surface area contributed by atoms with Crippen molar-refractivity contribution in [3.05, 3.63) is 85.1 Å². The van der Waals surface area contributed by atoms with Crippen LogP contribution in [0, 0.1) is 0 Å². The fourth-order valence-electron chi connectivity index (χ4n) is 10.5. The lowest BCUT2D eigenvalue weighted by Crippen LogP contribution is -2.30. The van der Waals surface area contributed by atoms with Crippen LogP contribution in [0.25, 0.3) is 0 Å². The van der Waals surface area contributed by atoms with E-state index >= 15 is 0 Å². The van der Waals surface area contributed by atoms with Crippen LogP contribution < -0.4 is 0 Å². The lowest BCUT2D eigenvalue weighted by Gasteiger charge is -2.18. The minimum atomic E-state index is -0.790. The highest BCUT2D eigenvalue weighted by molar-refractivity contribution is 5.71. The van der Waals surface area contributed by atoms with Gasteiger partial charge in [-0.05, 0) is 96.3 Å². The van der Waals surface area contributed by atoms with Crippen LogP contribution in [0.2, 0.25) is 0 Å². The SMILES string of the molecule is CC/C=C\C/C=C\C/C=C\C/C=C\C/C=C\C/C=C\CCCCCCC(=O)OC(COC(=O)CCCCCCCCCCCCCCC)COC(=O)CCCCCCCCCCCCCCCCCCC/C=C\CCCCCCCCCC. The molecule has 1 atom stereocenters. The predicted octanol–water partition coefficient (Wildman–Crippen LogP) is 25.0. The van der Waals surface area contributed by atoms with Gasteiger partial charge in [0.1, 0.15) is 13.2 Å². The van der Waals surface area contributed by atoms with Crippen molar-refractivity contribution in [2.75, 3.05) is 13.2 Å². The molecule has 1 unspecified atom stereocenters. The number of hydrogen-bond acceptors (Lipinski definition) is 6. The average Bonchev–Trinajstić information content (AvgIpc) is 3.49. The predicted molar refractivity (Wildman–Crippen MR) is 362 cm³/mol. The van der Waals surface area contributed by atoms with Crippen molar-refractivity contribution in [1.82, 2.24) is 0 Å². The number of unbranched alkanes of at least 4 members (excludes halogenated alkanes) is 41. The second kappa shape index (κ2) is 71.1. The van der Waals surface area contributed by atoms with E-state index in [2.05, 4.69) is 106 Å². The van der Waals surface area contributed by atoms with Gasteiger partial charge in [-0.3, -0.25) is 14.4 Å². The summed E-state index contributed by atoms with van der Waals surface area (Å²) in [7, 11) is 0. The Morgan fingerprint density at radius 2 is 0.470 bits per heavy atom. The highest BCUT2D eigenvalue weighted by Gasteiger charge is 2.19. The molecule has 0 radical (unpaired) electrons. The zero-order valence-electron chi connectivity index (χ0n) is 55.2. The summed E-state index contributed by atoms with van der Waals surface area (Å²) in [5.74, 6) is -0.888. The van der Waals surface area contributed by atoms with E-state index < -0.39 is 6.10 Å². The first-order valence-electron chi connectivity index (χ1n) is 36.1. The standard InChI is InChI=1S/C77H136O6/c1-4-7-10-13-16-19-22-25-27-29-31-33-35-36-37-38-39-40-42-43-45-47-49-52-55-58-61-64-67-70-76(79)82-73-74(72-81-75(78)69-66-63-60-57-54-51-24-21-18-15-12-9-6-3)83-77(80)71-68-65-62-59-56-53-50-48-46-44-41-34-32-30-28-26-23-20-17-14-11-8-5-2/h8,11,17,20,26,28-29,31-32,34,44,46,50,53,74H,4-7,9-10,12-16,18-19,21-25,27,30,33,35-43,45,47-49,51-52,54-73H2,1-3H3/b11-8-,20-17-,28-26-,31-29-,34-32-,46-44-,53-50-. The summed E-state index contributed by atoms with van der Waals surface area (Å²) in [6.45, 7) is 6.55. The topological polar surface area (TPSA) is 78.9 Å². The minimum Gasteiger partial charge on any atom is -0.462 e. The van der Waals surface area contributed by atoms with Crippen molar-refractivity contribution in [3.63, 3.8) is 0 Å². The van der Waals surface area contributed by atoms with E-state index in [1.807, 2.05) is 0 Å². The zero-order chi connectivity index (χ0) is 59.9. The largest absolute Gasteiger partial charge is 0.462 e. The van der Waals surface area contributed by atoms with Gasteiger partial charge in [-0.15, -0.1) is 0 Å². The maximum absolute atomic E-state index is 12.9. The Kier molecular flexibility index (Phi) is 68.2. The average molecular weight is 1160 g/mol. The molecule has 0 spiro atoms. The zero-order valence-corrected chi connectivity index (χ0v) is 55.2. The molecule has 0 aliphatic rings. The summed E-state index contributed by atoms with van der Waals surface area (Å²) >= 11 is 0. The minimum absolute atomic E-state index is 0.0830. The number of hydrogen-bond donors (Lipinski definition) is 0. The first-order valence-corrected chi connectivity index (χ1v) is 36.1. The first kappa shape index (κ1) is 79.6. The van der Waals surface area contributed by atoms with Crippen LogP contribution in [-0.2, 0) is 28.6 Å². The van der Waals surface area contributed by atoms with Crippen molar-refractivity contribution in [2.24, 2.45) is 0 Å². The number of carbonyl (C=O) groups is 3. The summed E-state index contributed by atoms with van der Waals surface area (Å²) < 4.78 is 17.0. The van der Waals surface area contributed by atoms with Crippen LogP contribution in [0.3, 0.4) is 0 Å². The maximum atomic E-state index is 12.9. The van der Waals surface area contributed by atoms with E-state index in [1.165, 1.54) is 218 Å². The summed E-state index contributed by atoms with van der Waals surface area (Å²) in [6.07, 6.45) is 94.8. The lowest BCUT2D eigenvalue weighted by atomic mass is 10.0. The number of allylic oxidation sites excluding steroid dienone is 14. The van der Waals surface area contributed by atoms with Crippen LogP contribution in [0.4, 0.5) is 0 Å². The molecule has 0 rings (SSSR count). The molecule has 6 nitrogen and oxygen atoms in total. The summed E-state index contributed by atoms with van der Waals surface area (Å²) in [5, 5.41) is 0. The third-order valence-corrected chi connectivity index (χ3v) is 15.9. The highest BCUT2D eigenvalue weighted by Crippen LogP contribution is 2.18. The molecule has 480 valence electrons. The Balaban J connectivity index is 4.27. The molecule has 6 heteroatoms. The number of ether oxygens (including phenoxy) is 3. The van der Waals surface area contributed by atoms with E-state index in [-0.39, 0.29) is 31.1 Å². The molecule has 83 heavy (non-hydrogen) atoms. The third kappa shape index (κ3) is 69.3. The molecule has 0 aliphatic heterocycles. The molecule has 0 aromatic rings. The Morgan fingerprint density at radius 1 is 0.253 bits per heavy atom. The molecule has 0 aromatic carbocycles. The van der Waals surface area contributed by atoms with Gasteiger partial charge >= 0.3 is 17.9 Å². The molecule has 0 heterocycles. The molecule has 0 bridgehead atoms. The molecular weight excluding hydrogens is 1020 g/mol. The molecule has 0 aliphatic carbocycles. The quantitative estimate of drug-likeness (QED) is 0.0261. The lowest BCUT2D eigenvalue weighted by molar-refractivity contribution is -0.167. The molecule has 0 N–H and O–H groups in total. The smallest absolute Gasteiger partial charge is 0.306 e. The Labute approximate surface area is 515 Å². The molecule has 0 saturated carbocycles. The van der Waals surface area contributed by atoms with Gasteiger partial charge in [0.05, 0.1) is 0 Å². The van der Waals surface area contributed by atoms with Gasteiger partial charge in [-0.2, -0.15) is 0 Å². The highest BCUT2D eigenvalue weighted by atomic mass is 16.6. The molecule has 0 amide bonds. The molecule has 0 fully saturated rings. The van der Waals surface area contributed by atoms with Crippen molar-refractivity contribution < 1.29 is 28.6 Å². The van der Waals surface area contributed by atoms with Gasteiger partial charge in [0.25, 0.3) is 0 Å². The fourth-order valence-corrected chi connectivity index (χ4v) is 10.5. The van der Waals surface area contributed by atoms with Gasteiger partial charge in [0.15, 0.2) is 6.10 Å². The second-order valence-electron chi connectivity index (χ2n) is 24.1. The van der Waals surface area contributed by atoms with Crippen LogP contribution in [0.1, 0.15) is 367 Å². The van der Waals surface area contributed by atoms with Gasteiger partial charge in [-0.25, -0.2) is 0 Å². The van der Waals surface area contributed by atoms with Crippen molar-refractivity contribution >= 4 is 17.9 Å². The van der Waals surface area contributed by atoms with Crippen LogP contribution >= 0.6 is 0 Å². The van der Waals surface area contributed by atoms with Crippen LogP contribution in [-0.4, -0.2) is 37.2 Å². The van der Waals surface area contributed by atoms with Gasteiger partial charge < -0.3 is 14.2 Å². The molecular formula is C77H136O6. The number of rotatable bonds is 66. The summed E-state index contributed by atoms with van der Waals surface area (Å²) in [6, 6.07) is 0. The van der Waals surface area contributed by atoms with Crippen LogP contribution in [0.5, 0.6) is 0 Å². The van der Waals surface area contributed by atoms with Gasteiger partial charge in [-0.1, -0.05) is 337 Å². The monoisotopic (exact) mass is 1160 g/mol. The number of carbonyl (C=O) groups excluding carboxylic acids is 3. The normalized spacial score (nSPS) is 12.6. The Bertz CT molecular complexity index is 1570. The fraction of sp³-hybridized carbons (Fsp3) is 0.779. The van der Waals surface area contributed by atoms with E-state index in [1.54, 1.807) is 0 Å². The summed E-state index contributed by atoms with van der Waals surface area (Å²) in [4.78, 5) is 38.4. The number of esters is 3. The maximum Gasteiger partial charge on any atom is 0.306 e. The van der Waals surface area contributed by atoms with E-state index in [4.69, 9.17) is 14.2 Å². The summed E-state index contributed by atoms with van der Waals surface area (Å²) in [5.41, 5.74) is 0. The molecule has 0 aromatic heterocycles. The van der Waals surface area contributed by atoms with E-state index in [9.17, 15) is 14.4 Å². The van der Waals surface area contributed by atoms with Crippen molar-refractivity contribution in [1.29, 1.82) is 0 Å². The van der Waals surface area contributed by atoms with Gasteiger partial charge in [0.2, 0.25) is 0 Å². The van der Waals surface area contributed by atoms with Crippen molar-refractivity contribution in [3.8, 4) is 0 Å². The Hall–Kier alpha value is -3.41. The Morgan fingerprint density at radius 3 is 0.747 bits per heavy atom.